The van der Waals surface area contributed by atoms with Gasteiger partial charge in [0.1, 0.15) is 11.9 Å². The number of nitrogens with zero attached hydrogens (tertiary/aromatic N) is 3. The van der Waals surface area contributed by atoms with Crippen molar-refractivity contribution in [2.45, 2.75) is 32.7 Å². The first kappa shape index (κ1) is 19.4. The third kappa shape index (κ3) is 4.38. The van der Waals surface area contributed by atoms with Gasteiger partial charge in [-0.05, 0) is 18.6 Å². The normalized spacial score (nSPS) is 13.3. The van der Waals surface area contributed by atoms with Crippen LogP contribution in [0, 0.1) is 0 Å². The van der Waals surface area contributed by atoms with Crippen molar-refractivity contribution < 1.29 is 13.2 Å². The van der Waals surface area contributed by atoms with Crippen LogP contribution in [-0.2, 0) is 21.2 Å². The van der Waals surface area contributed by atoms with E-state index in [0.717, 1.165) is 29.5 Å². The molecule has 0 bridgehead atoms. The van der Waals surface area contributed by atoms with E-state index in [2.05, 4.69) is 10.3 Å². The van der Waals surface area contributed by atoms with Crippen molar-refractivity contribution in [2.75, 3.05) is 26.4 Å². The summed E-state index contributed by atoms with van der Waals surface area (Å²) in [5.74, 6) is 0.749. The van der Waals surface area contributed by atoms with Gasteiger partial charge in [0.2, 0.25) is 15.9 Å². The van der Waals surface area contributed by atoms with Gasteiger partial charge in [0.05, 0.1) is 17.3 Å². The third-order valence-electron chi connectivity index (χ3n) is 4.28. The average molecular weight is 366 g/mol. The maximum absolute atomic E-state index is 12.7. The summed E-state index contributed by atoms with van der Waals surface area (Å²) in [4.78, 5) is 17.3. The smallest absolute Gasteiger partial charge is 0.243 e. The van der Waals surface area contributed by atoms with Crippen LogP contribution in [0.25, 0.3) is 11.0 Å². The number of hydrogen-bond acceptors (Lipinski definition) is 4. The molecule has 7 nitrogen and oxygen atoms in total. The second-order valence-electron chi connectivity index (χ2n) is 6.04. The molecule has 0 saturated carbocycles. The van der Waals surface area contributed by atoms with E-state index in [1.807, 2.05) is 42.7 Å². The zero-order valence-corrected chi connectivity index (χ0v) is 16.0. The molecule has 25 heavy (non-hydrogen) atoms. The highest BCUT2D eigenvalue weighted by Gasteiger charge is 2.23. The molecular weight excluding hydrogens is 340 g/mol. The molecule has 8 heteroatoms. The average Bonchev–Trinajstić information content (AvgIpc) is 2.93. The molecule has 1 unspecified atom stereocenters. The van der Waals surface area contributed by atoms with Crippen LogP contribution in [-0.4, -0.2) is 54.6 Å². The summed E-state index contributed by atoms with van der Waals surface area (Å²) in [7, 11) is -1.75. The van der Waals surface area contributed by atoms with E-state index in [0.29, 0.717) is 6.42 Å². The summed E-state index contributed by atoms with van der Waals surface area (Å²) >= 11 is 0. The van der Waals surface area contributed by atoms with Crippen molar-refractivity contribution in [1.29, 1.82) is 0 Å². The summed E-state index contributed by atoms with van der Waals surface area (Å²) in [5, 5.41) is 2.85. The van der Waals surface area contributed by atoms with Gasteiger partial charge in [-0.3, -0.25) is 4.79 Å². The second kappa shape index (κ2) is 7.97. The maximum Gasteiger partial charge on any atom is 0.243 e. The molecule has 1 aromatic heterocycles. The molecular formula is C17H26N4O3S. The minimum atomic E-state index is -3.24. The van der Waals surface area contributed by atoms with Crippen LogP contribution < -0.4 is 5.32 Å². The van der Waals surface area contributed by atoms with Crippen LogP contribution >= 0.6 is 0 Å². The molecule has 0 radical (unpaired) electrons. The number of rotatable bonds is 8. The number of hydrogen-bond donors (Lipinski definition) is 1. The van der Waals surface area contributed by atoms with E-state index in [4.69, 9.17) is 0 Å². The predicted molar refractivity (Wildman–Crippen MR) is 98.9 cm³/mol. The van der Waals surface area contributed by atoms with E-state index in [1.54, 1.807) is 0 Å². The molecule has 0 fully saturated rings. The van der Waals surface area contributed by atoms with Gasteiger partial charge in [-0.1, -0.05) is 26.0 Å². The Morgan fingerprint density at radius 1 is 1.32 bits per heavy atom. The molecule has 2 aromatic rings. The molecule has 1 aromatic carbocycles. The largest absolute Gasteiger partial charge is 0.353 e. The van der Waals surface area contributed by atoms with Crippen LogP contribution in [0.2, 0.25) is 0 Å². The van der Waals surface area contributed by atoms with Crippen molar-refractivity contribution in [3.63, 3.8) is 0 Å². The molecule has 0 saturated heterocycles. The van der Waals surface area contributed by atoms with Crippen molar-refractivity contribution in [1.82, 2.24) is 19.2 Å². The molecule has 0 aliphatic rings. The zero-order chi connectivity index (χ0) is 18.6. The fraction of sp³-hybridized carbons (Fsp3) is 0.529. The molecule has 0 aliphatic heterocycles. The maximum atomic E-state index is 12.7. The monoisotopic (exact) mass is 366 g/mol. The van der Waals surface area contributed by atoms with Gasteiger partial charge in [0.25, 0.3) is 0 Å². The van der Waals surface area contributed by atoms with Crippen molar-refractivity contribution in [3.8, 4) is 0 Å². The minimum Gasteiger partial charge on any atom is -0.353 e. The van der Waals surface area contributed by atoms with E-state index in [9.17, 15) is 13.2 Å². The number of amides is 1. The quantitative estimate of drug-likeness (QED) is 0.768. The summed E-state index contributed by atoms with van der Waals surface area (Å²) < 4.78 is 26.0. The summed E-state index contributed by atoms with van der Waals surface area (Å²) in [6.45, 7) is 4.49. The van der Waals surface area contributed by atoms with Crippen molar-refractivity contribution >= 4 is 27.0 Å². The first-order valence-electron chi connectivity index (χ1n) is 8.44. The van der Waals surface area contributed by atoms with Gasteiger partial charge in [-0.25, -0.2) is 17.7 Å². The Bertz CT molecular complexity index is 845. The number of carbonyl (C=O) groups is 1. The van der Waals surface area contributed by atoms with Crippen LogP contribution in [0.1, 0.15) is 32.1 Å². The number of imidazole rings is 1. The lowest BCUT2D eigenvalue weighted by molar-refractivity contribution is -0.124. The molecule has 1 heterocycles. The fourth-order valence-electron chi connectivity index (χ4n) is 2.80. The molecule has 1 amide bonds. The number of fused-ring (bicyclic) bond motifs is 1. The Balaban J connectivity index is 2.18. The summed E-state index contributed by atoms with van der Waals surface area (Å²) in [6.07, 6.45) is 2.51. The van der Waals surface area contributed by atoms with E-state index >= 15 is 0 Å². The van der Waals surface area contributed by atoms with Gasteiger partial charge < -0.3 is 9.88 Å². The van der Waals surface area contributed by atoms with Crippen molar-refractivity contribution in [2.24, 2.45) is 0 Å². The van der Waals surface area contributed by atoms with Gasteiger partial charge in [0.15, 0.2) is 0 Å². The Kier molecular flexibility index (Phi) is 6.18. The van der Waals surface area contributed by atoms with E-state index < -0.39 is 10.0 Å². The third-order valence-corrected chi connectivity index (χ3v) is 5.59. The van der Waals surface area contributed by atoms with Crippen LogP contribution in [0.5, 0.6) is 0 Å². The highest BCUT2D eigenvalue weighted by atomic mass is 32.2. The minimum absolute atomic E-state index is 0.123. The second-order valence-corrected chi connectivity index (χ2v) is 8.13. The van der Waals surface area contributed by atoms with Gasteiger partial charge in [-0.15, -0.1) is 0 Å². The molecule has 1 N–H and O–H groups in total. The molecule has 0 spiro atoms. The Hall–Kier alpha value is -1.93. The highest BCUT2D eigenvalue weighted by molar-refractivity contribution is 7.88. The number of para-hydroxylation sites is 2. The topological polar surface area (TPSA) is 84.3 Å². The number of sulfonamides is 1. The molecule has 0 aliphatic carbocycles. The molecule has 138 valence electrons. The number of aryl methyl sites for hydroxylation is 1. The van der Waals surface area contributed by atoms with Crippen LogP contribution in [0.15, 0.2) is 24.3 Å². The highest BCUT2D eigenvalue weighted by Crippen LogP contribution is 2.23. The summed E-state index contributed by atoms with van der Waals surface area (Å²) in [5.41, 5.74) is 1.82. The Morgan fingerprint density at radius 2 is 2.00 bits per heavy atom. The van der Waals surface area contributed by atoms with Crippen LogP contribution in [0.3, 0.4) is 0 Å². The van der Waals surface area contributed by atoms with Gasteiger partial charge in [0, 0.05) is 26.6 Å². The van der Waals surface area contributed by atoms with Crippen molar-refractivity contribution in [3.05, 3.63) is 30.1 Å². The number of likely N-dealkylation sites (N-methyl/N-ethyl adjacent to an activating group) is 1. The molecule has 1 atom stereocenters. The Labute approximate surface area is 149 Å². The Morgan fingerprint density at radius 3 is 2.60 bits per heavy atom. The lowest BCUT2D eigenvalue weighted by Crippen LogP contribution is -2.39. The standard InChI is InChI=1S/C17H26N4O3S/c1-5-14(17(22)18-11-12-20(3)25(4,23)24)21-15-10-8-7-9-13(15)19-16(21)6-2/h7-10,14H,5-6,11-12H2,1-4H3,(H,18,22). The SMILES string of the molecule is CCc1nc2ccccc2n1C(CC)C(=O)NCCN(C)S(C)(=O)=O. The number of carbonyl (C=O) groups excluding carboxylic acids is 1. The zero-order valence-electron chi connectivity index (χ0n) is 15.2. The fourth-order valence-corrected chi connectivity index (χ4v) is 3.22. The van der Waals surface area contributed by atoms with Crippen LogP contribution in [0.4, 0.5) is 0 Å². The lowest BCUT2D eigenvalue weighted by Gasteiger charge is -2.21. The van der Waals surface area contributed by atoms with Gasteiger partial charge >= 0.3 is 0 Å². The van der Waals surface area contributed by atoms with Gasteiger partial charge in [-0.2, -0.15) is 0 Å². The lowest BCUT2D eigenvalue weighted by atomic mass is 10.2. The first-order valence-corrected chi connectivity index (χ1v) is 10.3. The number of aromatic nitrogens is 2. The number of nitrogens with one attached hydrogen (secondary N) is 1. The number of benzene rings is 1. The predicted octanol–water partition coefficient (Wildman–Crippen LogP) is 1.56. The van der Waals surface area contributed by atoms with E-state index in [-0.39, 0.29) is 25.0 Å². The first-order chi connectivity index (χ1) is 11.8. The van der Waals surface area contributed by atoms with E-state index in [1.165, 1.54) is 11.4 Å². The molecule has 2 rings (SSSR count). The summed E-state index contributed by atoms with van der Waals surface area (Å²) in [6, 6.07) is 7.41.